The number of imide groups is 1. The lowest BCUT2D eigenvalue weighted by Gasteiger charge is -2.38. The molecule has 0 radical (unpaired) electrons. The van der Waals surface area contributed by atoms with Gasteiger partial charge in [0.15, 0.2) is 0 Å². The molecule has 2 saturated heterocycles. The number of hydrogen-bond donors (Lipinski definition) is 1. The highest BCUT2D eigenvalue weighted by atomic mass is 16.5. The van der Waals surface area contributed by atoms with Crippen molar-refractivity contribution in [2.45, 2.75) is 38.3 Å². The second-order valence-corrected chi connectivity index (χ2v) is 8.26. The van der Waals surface area contributed by atoms with Crippen LogP contribution in [0.3, 0.4) is 0 Å². The maximum atomic E-state index is 13.1. The number of aromatic nitrogens is 1. The number of nitrogens with two attached hydrogens (primary N) is 1. The second-order valence-electron chi connectivity index (χ2n) is 8.26. The first-order valence-electron chi connectivity index (χ1n) is 9.27. The zero-order chi connectivity index (χ0) is 20.1. The molecule has 2 aromatic rings. The quantitative estimate of drug-likeness (QED) is 0.824. The summed E-state index contributed by atoms with van der Waals surface area (Å²) < 4.78 is 5.32. The van der Waals surface area contributed by atoms with Crippen molar-refractivity contribution in [1.82, 2.24) is 9.88 Å². The highest BCUT2D eigenvalue weighted by Gasteiger charge is 2.51. The third-order valence-electron chi connectivity index (χ3n) is 5.67. The van der Waals surface area contributed by atoms with E-state index in [9.17, 15) is 9.59 Å². The van der Waals surface area contributed by atoms with Gasteiger partial charge in [0.25, 0.3) is 5.91 Å². The summed E-state index contributed by atoms with van der Waals surface area (Å²) >= 11 is 0. The number of ether oxygens (including phenoxy) is 1. The number of hydrogen-bond acceptors (Lipinski definition) is 5. The molecule has 3 heterocycles. The zero-order valence-electron chi connectivity index (χ0n) is 16.3. The fourth-order valence-electron chi connectivity index (χ4n) is 3.69. The van der Waals surface area contributed by atoms with Crippen molar-refractivity contribution in [3.05, 3.63) is 53.7 Å². The van der Waals surface area contributed by atoms with E-state index in [1.54, 1.807) is 37.1 Å². The number of benzene rings is 1. The van der Waals surface area contributed by atoms with Crippen LogP contribution in [0.2, 0.25) is 0 Å². The maximum absolute atomic E-state index is 13.1. The highest BCUT2D eigenvalue weighted by molar-refractivity contribution is 6.22. The largest absolute Gasteiger partial charge is 0.384 e. The van der Waals surface area contributed by atoms with Crippen molar-refractivity contribution in [3.8, 4) is 0 Å². The zero-order valence-corrected chi connectivity index (χ0v) is 16.3. The molecule has 4 rings (SSSR count). The van der Waals surface area contributed by atoms with Gasteiger partial charge in [0.05, 0.1) is 18.9 Å². The SMILES string of the molecule is CC1(c2ccc(N3C(=O)N(Cc4ccnc(N)c4)C(C)(C)C3=O)cc2)COC1. The third-order valence-corrected chi connectivity index (χ3v) is 5.67. The van der Waals surface area contributed by atoms with Crippen molar-refractivity contribution >= 4 is 23.4 Å². The van der Waals surface area contributed by atoms with E-state index in [1.165, 1.54) is 4.90 Å². The third kappa shape index (κ3) is 2.82. The Morgan fingerprint density at radius 1 is 1.11 bits per heavy atom. The molecule has 146 valence electrons. The number of rotatable bonds is 4. The van der Waals surface area contributed by atoms with Gasteiger partial charge in [-0.25, -0.2) is 14.7 Å². The Labute approximate surface area is 164 Å². The predicted octanol–water partition coefficient (Wildman–Crippen LogP) is 2.70. The number of nitrogens with zero attached hydrogens (tertiary/aromatic N) is 3. The Morgan fingerprint density at radius 2 is 1.79 bits per heavy atom. The monoisotopic (exact) mass is 380 g/mol. The fourth-order valence-corrected chi connectivity index (χ4v) is 3.69. The first-order chi connectivity index (χ1) is 13.2. The van der Waals surface area contributed by atoms with Crippen LogP contribution >= 0.6 is 0 Å². The van der Waals surface area contributed by atoms with Crippen LogP contribution in [-0.4, -0.2) is 40.6 Å². The van der Waals surface area contributed by atoms with Crippen molar-refractivity contribution < 1.29 is 14.3 Å². The average molecular weight is 380 g/mol. The number of pyridine rings is 1. The number of carbonyl (C=O) groups excluding carboxylic acids is 2. The van der Waals surface area contributed by atoms with E-state index >= 15 is 0 Å². The Morgan fingerprint density at radius 3 is 2.36 bits per heavy atom. The van der Waals surface area contributed by atoms with E-state index in [0.717, 1.165) is 11.1 Å². The van der Waals surface area contributed by atoms with E-state index in [1.807, 2.05) is 24.3 Å². The first kappa shape index (κ1) is 18.4. The van der Waals surface area contributed by atoms with Crippen LogP contribution in [0.25, 0.3) is 0 Å². The molecule has 2 aliphatic rings. The van der Waals surface area contributed by atoms with Gasteiger partial charge in [-0.3, -0.25) is 4.79 Å². The number of anilines is 2. The molecule has 0 aliphatic carbocycles. The average Bonchev–Trinajstić information content (AvgIpc) is 2.80. The predicted molar refractivity (Wildman–Crippen MR) is 106 cm³/mol. The summed E-state index contributed by atoms with van der Waals surface area (Å²) in [6.07, 6.45) is 1.60. The molecule has 7 nitrogen and oxygen atoms in total. The Kier molecular flexibility index (Phi) is 4.15. The van der Waals surface area contributed by atoms with Gasteiger partial charge in [-0.2, -0.15) is 0 Å². The minimum absolute atomic E-state index is 0.00411. The molecular weight excluding hydrogens is 356 g/mol. The summed E-state index contributed by atoms with van der Waals surface area (Å²) in [5.74, 6) is 0.139. The molecule has 1 aromatic carbocycles. The van der Waals surface area contributed by atoms with E-state index in [0.29, 0.717) is 24.7 Å². The minimum Gasteiger partial charge on any atom is -0.384 e. The maximum Gasteiger partial charge on any atom is 0.332 e. The van der Waals surface area contributed by atoms with Crippen molar-refractivity contribution in [2.24, 2.45) is 0 Å². The van der Waals surface area contributed by atoms with Crippen molar-refractivity contribution in [3.63, 3.8) is 0 Å². The topological polar surface area (TPSA) is 88.8 Å². The van der Waals surface area contributed by atoms with E-state index in [-0.39, 0.29) is 23.9 Å². The molecule has 2 aliphatic heterocycles. The number of carbonyl (C=O) groups is 2. The van der Waals surface area contributed by atoms with Gasteiger partial charge in [0, 0.05) is 18.2 Å². The number of nitrogen functional groups attached to an aromatic ring is 1. The second kappa shape index (κ2) is 6.31. The van der Waals surface area contributed by atoms with Crippen molar-refractivity contribution in [2.75, 3.05) is 23.8 Å². The van der Waals surface area contributed by atoms with Crippen molar-refractivity contribution in [1.29, 1.82) is 0 Å². The molecule has 0 atom stereocenters. The number of urea groups is 1. The van der Waals surface area contributed by atoms with E-state index in [2.05, 4.69) is 11.9 Å². The summed E-state index contributed by atoms with van der Waals surface area (Å²) in [4.78, 5) is 33.0. The van der Waals surface area contributed by atoms with Crippen LogP contribution in [0.5, 0.6) is 0 Å². The molecule has 0 spiro atoms. The van der Waals surface area contributed by atoms with E-state index < -0.39 is 5.54 Å². The van der Waals surface area contributed by atoms with Gasteiger partial charge in [0.2, 0.25) is 0 Å². The van der Waals surface area contributed by atoms with Gasteiger partial charge >= 0.3 is 6.03 Å². The molecule has 2 fully saturated rings. The minimum atomic E-state index is -0.957. The van der Waals surface area contributed by atoms with Crippen LogP contribution in [-0.2, 0) is 21.5 Å². The molecule has 3 amide bonds. The van der Waals surface area contributed by atoms with Gasteiger partial charge < -0.3 is 15.4 Å². The molecule has 0 unspecified atom stereocenters. The van der Waals surface area contributed by atoms with Crippen LogP contribution in [0.1, 0.15) is 31.9 Å². The summed E-state index contributed by atoms with van der Waals surface area (Å²) in [7, 11) is 0. The molecule has 28 heavy (non-hydrogen) atoms. The van der Waals surface area contributed by atoms with Gasteiger partial charge in [-0.05, 0) is 49.2 Å². The fraction of sp³-hybridized carbons (Fsp3) is 0.381. The Bertz CT molecular complexity index is 935. The summed E-state index contributed by atoms with van der Waals surface area (Å²) in [6, 6.07) is 10.8. The summed E-state index contributed by atoms with van der Waals surface area (Å²) in [6.45, 7) is 7.32. The lowest BCUT2D eigenvalue weighted by atomic mass is 9.81. The highest BCUT2D eigenvalue weighted by Crippen LogP contribution is 2.36. The molecule has 2 N–H and O–H groups in total. The number of amides is 3. The molecule has 0 bridgehead atoms. The van der Waals surface area contributed by atoms with Gasteiger partial charge in [-0.15, -0.1) is 0 Å². The summed E-state index contributed by atoms with van der Waals surface area (Å²) in [5.41, 5.74) is 7.34. The van der Waals surface area contributed by atoms with E-state index in [4.69, 9.17) is 10.5 Å². The lowest BCUT2D eigenvalue weighted by molar-refractivity contribution is -0.123. The van der Waals surface area contributed by atoms with Gasteiger partial charge in [-0.1, -0.05) is 19.1 Å². The molecule has 7 heteroatoms. The molecular formula is C21H24N4O3. The first-order valence-corrected chi connectivity index (χ1v) is 9.27. The van der Waals surface area contributed by atoms with Gasteiger partial charge in [0.1, 0.15) is 11.4 Å². The molecule has 0 saturated carbocycles. The molecule has 1 aromatic heterocycles. The van der Waals surface area contributed by atoms with Crippen LogP contribution in [0, 0.1) is 0 Å². The van der Waals surface area contributed by atoms with Crippen LogP contribution < -0.4 is 10.6 Å². The normalized spacial score (nSPS) is 20.4. The summed E-state index contributed by atoms with van der Waals surface area (Å²) in [5, 5.41) is 0. The lowest BCUT2D eigenvalue weighted by Crippen LogP contribution is -2.44. The smallest absolute Gasteiger partial charge is 0.332 e. The van der Waals surface area contributed by atoms with Crippen LogP contribution in [0.15, 0.2) is 42.6 Å². The Hall–Kier alpha value is -2.93. The standard InChI is InChI=1S/C21H24N4O3/c1-20(2)18(26)25(16-6-4-15(5-7-16)21(3)12-28-13-21)19(27)24(20)11-14-8-9-23-17(22)10-14/h4-10H,11-13H2,1-3H3,(H2,22,23). The van der Waals surface area contributed by atoms with Crippen LogP contribution in [0.4, 0.5) is 16.3 Å². The Balaban J connectivity index is 1.61.